The summed E-state index contributed by atoms with van der Waals surface area (Å²) >= 11 is 8.63. The molecule has 0 fully saturated rings. The van der Waals surface area contributed by atoms with Crippen molar-refractivity contribution in [1.29, 1.82) is 0 Å². The van der Waals surface area contributed by atoms with Gasteiger partial charge in [0.2, 0.25) is 0 Å². The Balaban J connectivity index is 2.60. The van der Waals surface area contributed by atoms with E-state index < -0.39 is 0 Å². The van der Waals surface area contributed by atoms with Gasteiger partial charge in [0.05, 0.1) is 4.47 Å². The summed E-state index contributed by atoms with van der Waals surface area (Å²) in [6.45, 7) is 1.92. The van der Waals surface area contributed by atoms with Gasteiger partial charge in [0.1, 0.15) is 5.82 Å². The standard InChI is InChI=1S/C12H14BrClFNO/c1-8(3-2-6-14)16-12(17)9-4-5-11(15)10(13)7-9/h4-5,7-8H,2-3,6H2,1H3,(H,16,17). The number of rotatable bonds is 5. The quantitative estimate of drug-likeness (QED) is 0.822. The summed E-state index contributed by atoms with van der Waals surface area (Å²) in [5.41, 5.74) is 0.441. The molecule has 0 saturated heterocycles. The number of benzene rings is 1. The average Bonchev–Trinajstić information content (AvgIpc) is 2.30. The Hall–Kier alpha value is -0.610. The third-order valence-electron chi connectivity index (χ3n) is 2.33. The molecule has 1 aromatic rings. The first-order valence-electron chi connectivity index (χ1n) is 5.36. The lowest BCUT2D eigenvalue weighted by molar-refractivity contribution is 0.0938. The number of hydrogen-bond donors (Lipinski definition) is 1. The van der Waals surface area contributed by atoms with Crippen molar-refractivity contribution in [1.82, 2.24) is 5.32 Å². The van der Waals surface area contributed by atoms with Crippen LogP contribution in [0.5, 0.6) is 0 Å². The van der Waals surface area contributed by atoms with Gasteiger partial charge in [-0.05, 0) is 53.9 Å². The van der Waals surface area contributed by atoms with E-state index in [-0.39, 0.29) is 17.8 Å². The van der Waals surface area contributed by atoms with Crippen LogP contribution >= 0.6 is 27.5 Å². The van der Waals surface area contributed by atoms with Gasteiger partial charge in [-0.1, -0.05) is 0 Å². The van der Waals surface area contributed by atoms with Gasteiger partial charge in [0.25, 0.3) is 5.91 Å². The normalized spacial score (nSPS) is 12.2. The molecular formula is C12H14BrClFNO. The third-order valence-corrected chi connectivity index (χ3v) is 3.21. The second-order valence-electron chi connectivity index (χ2n) is 3.83. The maximum absolute atomic E-state index is 13.0. The third kappa shape index (κ3) is 4.64. The van der Waals surface area contributed by atoms with Crippen molar-refractivity contribution in [3.63, 3.8) is 0 Å². The van der Waals surface area contributed by atoms with Gasteiger partial charge >= 0.3 is 0 Å². The van der Waals surface area contributed by atoms with Crippen LogP contribution in [0.25, 0.3) is 0 Å². The minimum absolute atomic E-state index is 0.0603. The number of carbonyl (C=O) groups excluding carboxylic acids is 1. The first kappa shape index (κ1) is 14.5. The summed E-state index contributed by atoms with van der Waals surface area (Å²) < 4.78 is 13.3. The van der Waals surface area contributed by atoms with E-state index in [9.17, 15) is 9.18 Å². The Morgan fingerprint density at radius 1 is 1.59 bits per heavy atom. The zero-order valence-electron chi connectivity index (χ0n) is 9.47. The highest BCUT2D eigenvalue weighted by atomic mass is 79.9. The summed E-state index contributed by atoms with van der Waals surface area (Å²) in [6.07, 6.45) is 1.69. The highest BCUT2D eigenvalue weighted by Gasteiger charge is 2.11. The Bertz CT molecular complexity index is 400. The Morgan fingerprint density at radius 3 is 2.88 bits per heavy atom. The largest absolute Gasteiger partial charge is 0.350 e. The number of carbonyl (C=O) groups is 1. The van der Waals surface area contributed by atoms with Gasteiger partial charge in [-0.25, -0.2) is 4.39 Å². The molecule has 0 saturated carbocycles. The molecule has 1 N–H and O–H groups in total. The van der Waals surface area contributed by atoms with Gasteiger partial charge in [0.15, 0.2) is 0 Å². The summed E-state index contributed by atoms with van der Waals surface area (Å²) in [4.78, 5) is 11.8. The van der Waals surface area contributed by atoms with Crippen molar-refractivity contribution in [2.75, 3.05) is 5.88 Å². The van der Waals surface area contributed by atoms with E-state index in [2.05, 4.69) is 21.2 Å². The minimum Gasteiger partial charge on any atom is -0.350 e. The molecule has 17 heavy (non-hydrogen) atoms. The van der Waals surface area contributed by atoms with Crippen molar-refractivity contribution >= 4 is 33.4 Å². The fourth-order valence-corrected chi connectivity index (χ4v) is 1.93. The first-order chi connectivity index (χ1) is 8.04. The van der Waals surface area contributed by atoms with Crippen LogP contribution in [0.3, 0.4) is 0 Å². The highest BCUT2D eigenvalue weighted by molar-refractivity contribution is 9.10. The molecule has 0 spiro atoms. The van der Waals surface area contributed by atoms with Gasteiger partial charge in [-0.15, -0.1) is 11.6 Å². The molecule has 1 amide bonds. The molecule has 1 aromatic carbocycles. The van der Waals surface area contributed by atoms with Crippen LogP contribution in [0.2, 0.25) is 0 Å². The summed E-state index contributed by atoms with van der Waals surface area (Å²) in [5, 5.41) is 2.84. The molecule has 5 heteroatoms. The molecule has 1 atom stereocenters. The number of alkyl halides is 1. The van der Waals surface area contributed by atoms with Crippen molar-refractivity contribution in [3.05, 3.63) is 34.1 Å². The van der Waals surface area contributed by atoms with E-state index in [1.807, 2.05) is 6.92 Å². The summed E-state index contributed by atoms with van der Waals surface area (Å²) in [5.74, 6) is 0.00647. The van der Waals surface area contributed by atoms with Crippen LogP contribution < -0.4 is 5.32 Å². The van der Waals surface area contributed by atoms with E-state index in [0.717, 1.165) is 12.8 Å². The molecule has 0 bridgehead atoms. The van der Waals surface area contributed by atoms with Gasteiger partial charge in [0, 0.05) is 17.5 Å². The second-order valence-corrected chi connectivity index (χ2v) is 5.07. The topological polar surface area (TPSA) is 29.1 Å². The summed E-state index contributed by atoms with van der Waals surface area (Å²) in [6, 6.07) is 4.26. The number of amides is 1. The van der Waals surface area contributed by atoms with Crippen LogP contribution in [0.1, 0.15) is 30.1 Å². The smallest absolute Gasteiger partial charge is 0.251 e. The minimum atomic E-state index is -0.378. The molecule has 0 aliphatic rings. The van der Waals surface area contributed by atoms with E-state index in [4.69, 9.17) is 11.6 Å². The van der Waals surface area contributed by atoms with Crippen molar-refractivity contribution in [2.45, 2.75) is 25.8 Å². The van der Waals surface area contributed by atoms with Crippen LogP contribution in [-0.4, -0.2) is 17.8 Å². The SMILES string of the molecule is CC(CCCCl)NC(=O)c1ccc(F)c(Br)c1. The molecule has 2 nitrogen and oxygen atoms in total. The predicted octanol–water partition coefficient (Wildman–Crippen LogP) is 3.73. The van der Waals surface area contributed by atoms with Gasteiger partial charge < -0.3 is 5.32 Å². The Morgan fingerprint density at radius 2 is 2.29 bits per heavy atom. The predicted molar refractivity (Wildman–Crippen MR) is 71.0 cm³/mol. The maximum Gasteiger partial charge on any atom is 0.251 e. The maximum atomic E-state index is 13.0. The molecule has 0 heterocycles. The first-order valence-corrected chi connectivity index (χ1v) is 6.69. The lowest BCUT2D eigenvalue weighted by atomic mass is 10.1. The van der Waals surface area contributed by atoms with Crippen molar-refractivity contribution < 1.29 is 9.18 Å². The van der Waals surface area contributed by atoms with Crippen LogP contribution in [-0.2, 0) is 0 Å². The number of halogens is 3. The van der Waals surface area contributed by atoms with Crippen molar-refractivity contribution in [2.24, 2.45) is 0 Å². The molecule has 1 rings (SSSR count). The molecular weight excluding hydrogens is 308 g/mol. The Labute approximate surface area is 114 Å². The van der Waals surface area contributed by atoms with E-state index in [1.54, 1.807) is 0 Å². The molecule has 0 aliphatic carbocycles. The molecule has 0 radical (unpaired) electrons. The van der Waals surface area contributed by atoms with Crippen LogP contribution in [0.15, 0.2) is 22.7 Å². The Kier molecular flexibility index (Phi) is 5.92. The lowest BCUT2D eigenvalue weighted by Gasteiger charge is -2.13. The monoisotopic (exact) mass is 321 g/mol. The summed E-state index contributed by atoms with van der Waals surface area (Å²) in [7, 11) is 0. The van der Waals surface area contributed by atoms with E-state index >= 15 is 0 Å². The molecule has 94 valence electrons. The zero-order chi connectivity index (χ0) is 12.8. The lowest BCUT2D eigenvalue weighted by Crippen LogP contribution is -2.32. The highest BCUT2D eigenvalue weighted by Crippen LogP contribution is 2.16. The fraction of sp³-hybridized carbons (Fsp3) is 0.417. The van der Waals surface area contributed by atoms with E-state index in [1.165, 1.54) is 18.2 Å². The molecule has 0 aromatic heterocycles. The van der Waals surface area contributed by atoms with Crippen LogP contribution in [0.4, 0.5) is 4.39 Å². The van der Waals surface area contributed by atoms with Gasteiger partial charge in [-0.2, -0.15) is 0 Å². The number of nitrogens with one attached hydrogen (secondary N) is 1. The average molecular weight is 323 g/mol. The zero-order valence-corrected chi connectivity index (χ0v) is 11.8. The molecule has 1 unspecified atom stereocenters. The van der Waals surface area contributed by atoms with Crippen molar-refractivity contribution in [3.8, 4) is 0 Å². The second kappa shape index (κ2) is 6.97. The molecule has 0 aliphatic heterocycles. The van der Waals surface area contributed by atoms with E-state index in [0.29, 0.717) is 15.9 Å². The number of hydrogen-bond acceptors (Lipinski definition) is 1. The van der Waals surface area contributed by atoms with Crippen LogP contribution in [0, 0.1) is 5.82 Å². The van der Waals surface area contributed by atoms with Gasteiger partial charge in [-0.3, -0.25) is 4.79 Å². The fourth-order valence-electron chi connectivity index (χ4n) is 1.40.